The van der Waals surface area contributed by atoms with Gasteiger partial charge in [0, 0.05) is 30.2 Å². The van der Waals surface area contributed by atoms with Gasteiger partial charge in [0.05, 0.1) is 27.9 Å². The van der Waals surface area contributed by atoms with E-state index in [2.05, 4.69) is 15.6 Å². The van der Waals surface area contributed by atoms with E-state index in [-0.39, 0.29) is 45.2 Å². The lowest BCUT2D eigenvalue weighted by molar-refractivity contribution is -0.137. The first-order chi connectivity index (χ1) is 15.1. The third-order valence-electron chi connectivity index (χ3n) is 4.85. The van der Waals surface area contributed by atoms with Crippen LogP contribution < -0.4 is 10.6 Å². The normalized spacial score (nSPS) is 15.1. The van der Waals surface area contributed by atoms with Crippen LogP contribution in [0.25, 0.3) is 10.2 Å². The molecule has 32 heavy (non-hydrogen) atoms. The van der Waals surface area contributed by atoms with Crippen LogP contribution in [0.5, 0.6) is 5.75 Å². The summed E-state index contributed by atoms with van der Waals surface area (Å²) in [5, 5.41) is 16.1. The fraction of sp³-hybridized carbons (Fsp3) is 0.250. The number of phenols is 1. The zero-order chi connectivity index (χ0) is 23.0. The van der Waals surface area contributed by atoms with E-state index in [0.717, 1.165) is 23.5 Å². The number of alkyl halides is 3. The number of carbonyl (C=O) groups is 2. The first kappa shape index (κ1) is 22.3. The van der Waals surface area contributed by atoms with Crippen LogP contribution >= 0.6 is 22.9 Å². The smallest absolute Gasteiger partial charge is 0.416 e. The van der Waals surface area contributed by atoms with Crippen molar-refractivity contribution in [3.8, 4) is 5.75 Å². The maximum Gasteiger partial charge on any atom is 0.416 e. The van der Waals surface area contributed by atoms with Gasteiger partial charge >= 0.3 is 6.18 Å². The highest BCUT2D eigenvalue weighted by Crippen LogP contribution is 2.35. The Morgan fingerprint density at radius 3 is 2.81 bits per heavy atom. The van der Waals surface area contributed by atoms with Crippen molar-refractivity contribution in [3.63, 3.8) is 0 Å². The van der Waals surface area contributed by atoms with Gasteiger partial charge in [0.1, 0.15) is 5.75 Å². The Kier molecular flexibility index (Phi) is 5.97. The topological polar surface area (TPSA) is 94.6 Å². The lowest BCUT2D eigenvalue weighted by atomic mass is 10.1. The average molecular weight is 485 g/mol. The van der Waals surface area contributed by atoms with Gasteiger partial charge in [-0.2, -0.15) is 13.2 Å². The monoisotopic (exact) mass is 484 g/mol. The number of halogens is 4. The number of benzene rings is 2. The van der Waals surface area contributed by atoms with E-state index in [1.54, 1.807) is 4.90 Å². The summed E-state index contributed by atoms with van der Waals surface area (Å²) in [4.78, 5) is 30.3. The second-order valence-corrected chi connectivity index (χ2v) is 8.64. The number of amides is 2. The molecule has 1 fully saturated rings. The summed E-state index contributed by atoms with van der Waals surface area (Å²) in [5.41, 5.74) is -0.242. The Morgan fingerprint density at radius 1 is 1.31 bits per heavy atom. The number of fused-ring (bicyclic) bond motifs is 1. The fourth-order valence-electron chi connectivity index (χ4n) is 3.34. The molecule has 7 nitrogen and oxygen atoms in total. The lowest BCUT2D eigenvalue weighted by Gasteiger charge is -2.27. The molecule has 1 aromatic heterocycles. The zero-order valence-corrected chi connectivity index (χ0v) is 17.9. The van der Waals surface area contributed by atoms with E-state index in [1.807, 2.05) is 0 Å². The average Bonchev–Trinajstić information content (AvgIpc) is 3.11. The quantitative estimate of drug-likeness (QED) is 0.523. The van der Waals surface area contributed by atoms with Crippen molar-refractivity contribution in [2.45, 2.75) is 12.7 Å². The van der Waals surface area contributed by atoms with Gasteiger partial charge in [0.2, 0.25) is 5.91 Å². The van der Waals surface area contributed by atoms with Crippen molar-refractivity contribution in [1.82, 2.24) is 15.2 Å². The Balaban J connectivity index is 1.56. The zero-order valence-electron chi connectivity index (χ0n) is 16.3. The molecule has 2 aromatic carbocycles. The summed E-state index contributed by atoms with van der Waals surface area (Å²) >= 11 is 7.01. The number of phenolic OH excluding ortho intramolecular Hbond substituents is 1. The summed E-state index contributed by atoms with van der Waals surface area (Å²) in [6.07, 6.45) is -4.49. The van der Waals surface area contributed by atoms with E-state index < -0.39 is 17.6 Å². The van der Waals surface area contributed by atoms with Gasteiger partial charge in [-0.3, -0.25) is 19.8 Å². The highest BCUT2D eigenvalue weighted by atomic mass is 35.5. The standard InChI is InChI=1S/C20H16ClF3N4O3S/c21-12-5-10(8-28-4-3-25-16(29)9-28)17(30)13(7-12)18(31)27-19-26-14-2-1-11(20(22,23)24)6-15(14)32-19/h1-2,5-7,30H,3-4,8-9H2,(H,25,29)(H,26,27,31). The Bertz CT molecular complexity index is 1210. The van der Waals surface area contributed by atoms with Crippen LogP contribution in [0.4, 0.5) is 18.3 Å². The Labute approximate surface area is 188 Å². The molecule has 0 saturated carbocycles. The number of aromatic hydroxyl groups is 1. The number of rotatable bonds is 4. The molecule has 3 N–H and O–H groups in total. The molecule has 0 aliphatic carbocycles. The van der Waals surface area contributed by atoms with Gasteiger partial charge in [-0.1, -0.05) is 22.9 Å². The van der Waals surface area contributed by atoms with Crippen molar-refractivity contribution in [2.75, 3.05) is 25.0 Å². The summed E-state index contributed by atoms with van der Waals surface area (Å²) in [6.45, 7) is 1.41. The third kappa shape index (κ3) is 4.79. The van der Waals surface area contributed by atoms with Crippen LogP contribution in [0.15, 0.2) is 30.3 Å². The molecular weight excluding hydrogens is 469 g/mol. The third-order valence-corrected chi connectivity index (χ3v) is 6.00. The van der Waals surface area contributed by atoms with E-state index in [4.69, 9.17) is 11.6 Å². The minimum atomic E-state index is -4.49. The molecule has 168 valence electrons. The van der Waals surface area contributed by atoms with Gasteiger partial charge in [-0.15, -0.1) is 0 Å². The Hall–Kier alpha value is -2.89. The molecule has 1 aliphatic heterocycles. The molecule has 1 saturated heterocycles. The fourth-order valence-corrected chi connectivity index (χ4v) is 4.48. The number of hydrogen-bond acceptors (Lipinski definition) is 6. The molecule has 0 unspecified atom stereocenters. The molecular formula is C20H16ClF3N4O3S. The summed E-state index contributed by atoms with van der Waals surface area (Å²) < 4.78 is 39.0. The van der Waals surface area contributed by atoms with Crippen molar-refractivity contribution >= 4 is 50.1 Å². The van der Waals surface area contributed by atoms with E-state index in [9.17, 15) is 27.9 Å². The Morgan fingerprint density at radius 2 is 2.09 bits per heavy atom. The lowest BCUT2D eigenvalue weighted by Crippen LogP contribution is -2.47. The van der Waals surface area contributed by atoms with Crippen LogP contribution in [0.3, 0.4) is 0 Å². The van der Waals surface area contributed by atoms with Crippen molar-refractivity contribution in [1.29, 1.82) is 0 Å². The number of carbonyl (C=O) groups excluding carboxylic acids is 2. The number of aromatic nitrogens is 1. The van der Waals surface area contributed by atoms with E-state index in [0.29, 0.717) is 24.2 Å². The molecule has 1 aliphatic rings. The van der Waals surface area contributed by atoms with Crippen molar-refractivity contribution < 1.29 is 27.9 Å². The van der Waals surface area contributed by atoms with Crippen LogP contribution in [0.2, 0.25) is 5.02 Å². The van der Waals surface area contributed by atoms with Gasteiger partial charge < -0.3 is 10.4 Å². The van der Waals surface area contributed by atoms with Crippen molar-refractivity contribution in [3.05, 3.63) is 52.0 Å². The maximum absolute atomic E-state index is 12.9. The number of piperazine rings is 1. The second-order valence-electron chi connectivity index (χ2n) is 7.18. The number of hydrogen-bond donors (Lipinski definition) is 3. The first-order valence-electron chi connectivity index (χ1n) is 9.40. The molecule has 0 radical (unpaired) electrons. The molecule has 0 bridgehead atoms. The molecule has 0 atom stereocenters. The van der Waals surface area contributed by atoms with Crippen LogP contribution in [0, 0.1) is 0 Å². The molecule has 2 amide bonds. The van der Waals surface area contributed by atoms with E-state index in [1.165, 1.54) is 18.2 Å². The molecule has 2 heterocycles. The second kappa shape index (κ2) is 8.57. The minimum Gasteiger partial charge on any atom is -0.507 e. The van der Waals surface area contributed by atoms with Gasteiger partial charge in [0.25, 0.3) is 5.91 Å². The van der Waals surface area contributed by atoms with Crippen LogP contribution in [-0.4, -0.2) is 46.4 Å². The number of nitrogens with one attached hydrogen (secondary N) is 2. The number of anilines is 1. The predicted octanol–water partition coefficient (Wildman–Crippen LogP) is 3.86. The van der Waals surface area contributed by atoms with Crippen LogP contribution in [0.1, 0.15) is 21.5 Å². The summed E-state index contributed by atoms with van der Waals surface area (Å²) in [7, 11) is 0. The maximum atomic E-state index is 12.9. The van der Waals surface area contributed by atoms with Gasteiger partial charge in [-0.05, 0) is 30.3 Å². The van der Waals surface area contributed by atoms with Crippen molar-refractivity contribution in [2.24, 2.45) is 0 Å². The number of thiazole rings is 1. The highest BCUT2D eigenvalue weighted by Gasteiger charge is 2.31. The molecule has 0 spiro atoms. The highest BCUT2D eigenvalue weighted by molar-refractivity contribution is 7.22. The van der Waals surface area contributed by atoms with Gasteiger partial charge in [0.15, 0.2) is 5.13 Å². The van der Waals surface area contributed by atoms with Crippen LogP contribution in [-0.2, 0) is 17.5 Å². The molecule has 3 aromatic rings. The van der Waals surface area contributed by atoms with Gasteiger partial charge in [-0.25, -0.2) is 4.98 Å². The molecule has 12 heteroatoms. The largest absolute Gasteiger partial charge is 0.507 e. The first-order valence-corrected chi connectivity index (χ1v) is 10.6. The minimum absolute atomic E-state index is 0.0814. The number of nitrogens with zero attached hydrogens (tertiary/aromatic N) is 2. The van der Waals surface area contributed by atoms with E-state index >= 15 is 0 Å². The SMILES string of the molecule is O=C1CN(Cc2cc(Cl)cc(C(=O)Nc3nc4ccc(C(F)(F)F)cc4s3)c2O)CCN1. The molecule has 4 rings (SSSR count). The summed E-state index contributed by atoms with van der Waals surface area (Å²) in [6, 6.07) is 5.91. The summed E-state index contributed by atoms with van der Waals surface area (Å²) in [5.74, 6) is -1.14. The predicted molar refractivity (Wildman–Crippen MR) is 114 cm³/mol.